The summed E-state index contributed by atoms with van der Waals surface area (Å²) < 4.78 is 6.69. The Morgan fingerprint density at radius 1 is 1.38 bits per heavy atom. The number of aromatic nitrogens is 2. The topological polar surface area (TPSA) is 79.1 Å². The standard InChI is InChI=1S/C17H15BrN4O2/c18-13-4-1-3-12(9-13)17(23)22-8-2-5-14(11-22)24-16-15(10-19)20-6-7-21-16/h1,3-4,6-7,9,14H,2,5,8,11H2. The van der Waals surface area contributed by atoms with Crippen molar-refractivity contribution in [3.05, 3.63) is 52.4 Å². The summed E-state index contributed by atoms with van der Waals surface area (Å²) in [4.78, 5) is 22.4. The van der Waals surface area contributed by atoms with Crippen LogP contribution in [0.2, 0.25) is 0 Å². The fourth-order valence-electron chi connectivity index (χ4n) is 2.67. The van der Waals surface area contributed by atoms with Crippen LogP contribution in [0.3, 0.4) is 0 Å². The van der Waals surface area contributed by atoms with Crippen LogP contribution in [0.5, 0.6) is 5.88 Å². The van der Waals surface area contributed by atoms with Gasteiger partial charge in [0.25, 0.3) is 11.8 Å². The lowest BCUT2D eigenvalue weighted by Crippen LogP contribution is -2.44. The van der Waals surface area contributed by atoms with Gasteiger partial charge in [0.2, 0.25) is 5.69 Å². The van der Waals surface area contributed by atoms with Gasteiger partial charge in [-0.1, -0.05) is 22.0 Å². The molecule has 1 saturated heterocycles. The van der Waals surface area contributed by atoms with Gasteiger partial charge in [-0.2, -0.15) is 5.26 Å². The van der Waals surface area contributed by atoms with E-state index in [1.807, 2.05) is 24.3 Å². The molecule has 1 fully saturated rings. The van der Waals surface area contributed by atoms with Crippen molar-refractivity contribution in [3.63, 3.8) is 0 Å². The van der Waals surface area contributed by atoms with Crippen molar-refractivity contribution in [2.75, 3.05) is 13.1 Å². The van der Waals surface area contributed by atoms with Gasteiger partial charge in [-0.05, 0) is 31.0 Å². The van der Waals surface area contributed by atoms with Crippen molar-refractivity contribution in [1.82, 2.24) is 14.9 Å². The first-order valence-electron chi connectivity index (χ1n) is 7.60. The Labute approximate surface area is 148 Å². The van der Waals surface area contributed by atoms with E-state index in [9.17, 15) is 4.79 Å². The molecule has 1 aliphatic rings. The molecule has 0 bridgehead atoms. The van der Waals surface area contributed by atoms with Gasteiger partial charge in [0, 0.05) is 29.0 Å². The van der Waals surface area contributed by atoms with Crippen LogP contribution >= 0.6 is 15.9 Å². The van der Waals surface area contributed by atoms with Crippen LogP contribution < -0.4 is 4.74 Å². The fourth-order valence-corrected chi connectivity index (χ4v) is 3.07. The number of amides is 1. The highest BCUT2D eigenvalue weighted by molar-refractivity contribution is 9.10. The van der Waals surface area contributed by atoms with Crippen molar-refractivity contribution in [2.24, 2.45) is 0 Å². The van der Waals surface area contributed by atoms with Gasteiger partial charge in [0.1, 0.15) is 12.2 Å². The van der Waals surface area contributed by atoms with Gasteiger partial charge in [-0.25, -0.2) is 9.97 Å². The first kappa shape index (κ1) is 16.4. The lowest BCUT2D eigenvalue weighted by molar-refractivity contribution is 0.0526. The maximum absolute atomic E-state index is 12.6. The average molecular weight is 387 g/mol. The summed E-state index contributed by atoms with van der Waals surface area (Å²) in [5.41, 5.74) is 0.801. The minimum Gasteiger partial charge on any atom is -0.470 e. The monoisotopic (exact) mass is 386 g/mol. The van der Waals surface area contributed by atoms with Gasteiger partial charge in [-0.15, -0.1) is 0 Å². The molecule has 0 N–H and O–H groups in total. The number of hydrogen-bond acceptors (Lipinski definition) is 5. The molecule has 2 aromatic rings. The SMILES string of the molecule is N#Cc1nccnc1OC1CCCN(C(=O)c2cccc(Br)c2)C1. The molecule has 1 aromatic heterocycles. The zero-order valence-electron chi connectivity index (χ0n) is 12.9. The Morgan fingerprint density at radius 2 is 2.21 bits per heavy atom. The quantitative estimate of drug-likeness (QED) is 0.809. The molecule has 1 aliphatic heterocycles. The number of carbonyl (C=O) groups excluding carboxylic acids is 1. The number of piperidine rings is 1. The summed E-state index contributed by atoms with van der Waals surface area (Å²) in [6, 6.07) is 9.30. The van der Waals surface area contributed by atoms with Crippen LogP contribution in [0.4, 0.5) is 0 Å². The predicted octanol–water partition coefficient (Wildman–Crippen LogP) is 2.79. The predicted molar refractivity (Wildman–Crippen MR) is 90.4 cm³/mol. The van der Waals surface area contributed by atoms with Crippen LogP contribution in [0.1, 0.15) is 28.9 Å². The minimum atomic E-state index is -0.196. The summed E-state index contributed by atoms with van der Waals surface area (Å²) in [7, 11) is 0. The molecule has 24 heavy (non-hydrogen) atoms. The molecular formula is C17H15BrN4O2. The lowest BCUT2D eigenvalue weighted by atomic mass is 10.1. The Bertz CT molecular complexity index is 790. The maximum atomic E-state index is 12.6. The smallest absolute Gasteiger partial charge is 0.254 e. The van der Waals surface area contributed by atoms with Crippen molar-refractivity contribution in [3.8, 4) is 11.9 Å². The van der Waals surface area contributed by atoms with E-state index in [2.05, 4.69) is 25.9 Å². The number of benzene rings is 1. The third kappa shape index (κ3) is 3.71. The van der Waals surface area contributed by atoms with Gasteiger partial charge in [0.15, 0.2) is 0 Å². The van der Waals surface area contributed by atoms with E-state index in [1.54, 1.807) is 11.0 Å². The van der Waals surface area contributed by atoms with Crippen LogP contribution in [-0.4, -0.2) is 40.0 Å². The molecule has 0 aliphatic carbocycles. The lowest BCUT2D eigenvalue weighted by Gasteiger charge is -2.32. The highest BCUT2D eigenvalue weighted by Crippen LogP contribution is 2.21. The van der Waals surface area contributed by atoms with Crippen LogP contribution in [-0.2, 0) is 0 Å². The second-order valence-corrected chi connectivity index (χ2v) is 6.38. The molecule has 1 amide bonds. The summed E-state index contributed by atoms with van der Waals surface area (Å²) in [6.45, 7) is 1.16. The van der Waals surface area contributed by atoms with E-state index in [0.717, 1.165) is 17.3 Å². The molecule has 0 spiro atoms. The zero-order chi connectivity index (χ0) is 16.9. The largest absolute Gasteiger partial charge is 0.470 e. The Kier molecular flexibility index (Phi) is 5.06. The first-order valence-corrected chi connectivity index (χ1v) is 8.39. The van der Waals surface area contributed by atoms with Crippen molar-refractivity contribution in [2.45, 2.75) is 18.9 Å². The number of nitriles is 1. The van der Waals surface area contributed by atoms with Gasteiger partial charge < -0.3 is 9.64 Å². The van der Waals surface area contributed by atoms with E-state index >= 15 is 0 Å². The Morgan fingerprint density at radius 3 is 3.00 bits per heavy atom. The van der Waals surface area contributed by atoms with Gasteiger partial charge in [0.05, 0.1) is 6.54 Å². The van der Waals surface area contributed by atoms with Crippen LogP contribution in [0.25, 0.3) is 0 Å². The molecule has 2 heterocycles. The molecule has 122 valence electrons. The minimum absolute atomic E-state index is 0.0238. The highest BCUT2D eigenvalue weighted by Gasteiger charge is 2.26. The van der Waals surface area contributed by atoms with E-state index in [0.29, 0.717) is 18.7 Å². The van der Waals surface area contributed by atoms with Crippen molar-refractivity contribution < 1.29 is 9.53 Å². The molecule has 0 radical (unpaired) electrons. The molecular weight excluding hydrogens is 372 g/mol. The Hall–Kier alpha value is -2.46. The number of nitrogens with zero attached hydrogens (tertiary/aromatic N) is 4. The van der Waals surface area contributed by atoms with Crippen molar-refractivity contribution in [1.29, 1.82) is 5.26 Å². The molecule has 1 aromatic carbocycles. The molecule has 1 atom stereocenters. The Balaban J connectivity index is 1.70. The molecule has 1 unspecified atom stereocenters. The van der Waals surface area contributed by atoms with Gasteiger partial charge in [-0.3, -0.25) is 4.79 Å². The third-order valence-corrected chi connectivity index (χ3v) is 4.28. The number of ether oxygens (including phenoxy) is 1. The zero-order valence-corrected chi connectivity index (χ0v) is 14.4. The number of carbonyl (C=O) groups is 1. The van der Waals surface area contributed by atoms with E-state index in [-0.39, 0.29) is 23.6 Å². The number of halogens is 1. The molecule has 7 heteroatoms. The fraction of sp³-hybridized carbons (Fsp3) is 0.294. The van der Waals surface area contributed by atoms with Gasteiger partial charge >= 0.3 is 0 Å². The summed E-state index contributed by atoms with van der Waals surface area (Å²) in [5.74, 6) is 0.200. The number of rotatable bonds is 3. The third-order valence-electron chi connectivity index (χ3n) is 3.79. The second-order valence-electron chi connectivity index (χ2n) is 5.47. The summed E-state index contributed by atoms with van der Waals surface area (Å²) in [6.07, 6.45) is 4.40. The van der Waals surface area contributed by atoms with E-state index < -0.39 is 0 Å². The van der Waals surface area contributed by atoms with E-state index in [4.69, 9.17) is 10.00 Å². The molecule has 0 saturated carbocycles. The highest BCUT2D eigenvalue weighted by atomic mass is 79.9. The summed E-state index contributed by atoms with van der Waals surface area (Å²) in [5, 5.41) is 9.06. The van der Waals surface area contributed by atoms with E-state index in [1.165, 1.54) is 12.4 Å². The maximum Gasteiger partial charge on any atom is 0.254 e. The van der Waals surface area contributed by atoms with Crippen LogP contribution in [0.15, 0.2) is 41.1 Å². The normalized spacial score (nSPS) is 17.2. The first-order chi connectivity index (χ1) is 11.7. The molecule has 6 nitrogen and oxygen atoms in total. The molecule has 3 rings (SSSR count). The number of likely N-dealkylation sites (tertiary alicyclic amines) is 1. The second kappa shape index (κ2) is 7.41. The average Bonchev–Trinajstić information content (AvgIpc) is 2.62. The number of hydrogen-bond donors (Lipinski definition) is 0. The van der Waals surface area contributed by atoms with Crippen LogP contribution in [0, 0.1) is 11.3 Å². The summed E-state index contributed by atoms with van der Waals surface area (Å²) >= 11 is 3.39. The van der Waals surface area contributed by atoms with Crippen molar-refractivity contribution >= 4 is 21.8 Å².